The Balaban J connectivity index is 1.66. The van der Waals surface area contributed by atoms with Gasteiger partial charge in [0.25, 0.3) is 0 Å². The highest BCUT2D eigenvalue weighted by molar-refractivity contribution is 5.39. The number of ether oxygens (including phenoxy) is 3. The van der Waals surface area contributed by atoms with Crippen LogP contribution in [0, 0.1) is 0 Å². The summed E-state index contributed by atoms with van der Waals surface area (Å²) in [5.74, 6) is 1.59. The molecule has 1 fully saturated rings. The fourth-order valence-electron chi connectivity index (χ4n) is 2.92. The minimum Gasteiger partial charge on any atom is -0.490 e. The maximum atomic E-state index is 5.86. The zero-order chi connectivity index (χ0) is 16.5. The Morgan fingerprint density at radius 3 is 2.43 bits per heavy atom. The second-order valence-corrected chi connectivity index (χ2v) is 6.12. The van der Waals surface area contributed by atoms with Crippen LogP contribution in [-0.2, 0) is 4.74 Å². The van der Waals surface area contributed by atoms with E-state index in [9.17, 15) is 0 Å². The van der Waals surface area contributed by atoms with Gasteiger partial charge in [-0.3, -0.25) is 4.90 Å². The first-order chi connectivity index (χ1) is 11.2. The molecule has 0 aromatic heterocycles. The van der Waals surface area contributed by atoms with Gasteiger partial charge in [-0.1, -0.05) is 24.8 Å². The zero-order valence-electron chi connectivity index (χ0n) is 14.4. The largest absolute Gasteiger partial charge is 0.490 e. The molecule has 0 radical (unpaired) electrons. The minimum atomic E-state index is 0.337. The van der Waals surface area contributed by atoms with Crippen LogP contribution in [0.3, 0.4) is 0 Å². The van der Waals surface area contributed by atoms with E-state index in [-0.39, 0.29) is 0 Å². The van der Waals surface area contributed by atoms with Crippen LogP contribution in [0.1, 0.15) is 26.7 Å². The van der Waals surface area contributed by atoms with Crippen molar-refractivity contribution >= 4 is 0 Å². The second kappa shape index (κ2) is 9.58. The lowest BCUT2D eigenvalue weighted by atomic mass is 10.2. The highest BCUT2D eigenvalue weighted by Crippen LogP contribution is 2.26. The van der Waals surface area contributed by atoms with E-state index in [1.807, 2.05) is 24.3 Å². The van der Waals surface area contributed by atoms with Crippen molar-refractivity contribution in [1.29, 1.82) is 0 Å². The van der Waals surface area contributed by atoms with Crippen molar-refractivity contribution in [2.75, 3.05) is 32.8 Å². The van der Waals surface area contributed by atoms with Gasteiger partial charge in [0.1, 0.15) is 6.61 Å². The van der Waals surface area contributed by atoms with Crippen LogP contribution in [0.25, 0.3) is 0 Å². The van der Waals surface area contributed by atoms with Gasteiger partial charge in [0.05, 0.1) is 18.8 Å². The van der Waals surface area contributed by atoms with Crippen LogP contribution in [0.2, 0.25) is 0 Å². The number of para-hydroxylation sites is 2. The van der Waals surface area contributed by atoms with E-state index in [2.05, 4.69) is 25.3 Å². The molecule has 0 N–H and O–H groups in total. The topological polar surface area (TPSA) is 30.9 Å². The number of rotatable bonds is 9. The smallest absolute Gasteiger partial charge is 0.161 e. The zero-order valence-corrected chi connectivity index (χ0v) is 14.4. The summed E-state index contributed by atoms with van der Waals surface area (Å²) in [6.45, 7) is 12.3. The molecule has 4 nitrogen and oxygen atoms in total. The molecule has 23 heavy (non-hydrogen) atoms. The van der Waals surface area contributed by atoms with Crippen LogP contribution < -0.4 is 9.47 Å². The van der Waals surface area contributed by atoms with Gasteiger partial charge in [-0.2, -0.15) is 0 Å². The molecule has 1 saturated heterocycles. The van der Waals surface area contributed by atoms with E-state index in [1.165, 1.54) is 0 Å². The van der Waals surface area contributed by atoms with Crippen molar-refractivity contribution in [2.24, 2.45) is 0 Å². The molecule has 0 saturated carbocycles. The van der Waals surface area contributed by atoms with Gasteiger partial charge in [0.2, 0.25) is 0 Å². The summed E-state index contributed by atoms with van der Waals surface area (Å²) in [4.78, 5) is 2.49. The molecule has 2 atom stereocenters. The Bertz CT molecular complexity index is 467. The van der Waals surface area contributed by atoms with Crippen LogP contribution in [0.15, 0.2) is 36.9 Å². The SMILES string of the molecule is C=CCOc1ccccc1OCCCCN1C[C@@H](C)O[C@H](C)C1. The molecular formula is C19H29NO3. The standard InChI is InChI=1S/C19H29NO3/c1-4-12-21-18-9-5-6-10-19(18)22-13-8-7-11-20-14-16(2)23-17(3)15-20/h4-6,9-10,16-17H,1,7-8,11-15H2,2-3H3/t16-,17-/m1/s1. The van der Waals surface area contributed by atoms with Crippen molar-refractivity contribution in [2.45, 2.75) is 38.9 Å². The molecule has 128 valence electrons. The van der Waals surface area contributed by atoms with Crippen molar-refractivity contribution in [3.63, 3.8) is 0 Å². The molecule has 1 aliphatic heterocycles. The van der Waals surface area contributed by atoms with Gasteiger partial charge in [-0.15, -0.1) is 0 Å². The van der Waals surface area contributed by atoms with Gasteiger partial charge < -0.3 is 14.2 Å². The molecule has 2 rings (SSSR count). The summed E-state index contributed by atoms with van der Waals surface area (Å²) in [5.41, 5.74) is 0. The molecule has 1 aliphatic rings. The number of unbranched alkanes of at least 4 members (excludes halogenated alkanes) is 1. The average molecular weight is 319 g/mol. The van der Waals surface area contributed by atoms with Gasteiger partial charge in [-0.05, 0) is 45.4 Å². The van der Waals surface area contributed by atoms with Crippen molar-refractivity contribution < 1.29 is 14.2 Å². The minimum absolute atomic E-state index is 0.337. The molecule has 0 amide bonds. The van der Waals surface area contributed by atoms with Gasteiger partial charge in [0.15, 0.2) is 11.5 Å². The maximum absolute atomic E-state index is 5.86. The first kappa shape index (κ1) is 17.8. The number of benzene rings is 1. The van der Waals surface area contributed by atoms with Crippen molar-refractivity contribution in [3.8, 4) is 11.5 Å². The van der Waals surface area contributed by atoms with Gasteiger partial charge in [0, 0.05) is 13.1 Å². The van der Waals surface area contributed by atoms with Crippen LogP contribution >= 0.6 is 0 Å². The highest BCUT2D eigenvalue weighted by Gasteiger charge is 2.21. The fraction of sp³-hybridized carbons (Fsp3) is 0.579. The summed E-state index contributed by atoms with van der Waals surface area (Å²) in [5, 5.41) is 0. The Kier molecular flexibility index (Phi) is 7.43. The number of morpholine rings is 1. The third-order valence-electron chi connectivity index (χ3n) is 3.83. The van der Waals surface area contributed by atoms with E-state index in [4.69, 9.17) is 14.2 Å². The predicted octanol–water partition coefficient (Wildman–Crippen LogP) is 3.52. The van der Waals surface area contributed by atoms with E-state index < -0.39 is 0 Å². The van der Waals surface area contributed by atoms with Gasteiger partial charge in [-0.25, -0.2) is 0 Å². The quantitative estimate of drug-likeness (QED) is 0.515. The normalized spacial score (nSPS) is 21.8. The maximum Gasteiger partial charge on any atom is 0.161 e. The lowest BCUT2D eigenvalue weighted by Gasteiger charge is -2.35. The number of nitrogens with zero attached hydrogens (tertiary/aromatic N) is 1. The molecule has 1 aromatic rings. The number of hydrogen-bond donors (Lipinski definition) is 0. The summed E-state index contributed by atoms with van der Waals surface area (Å²) in [6, 6.07) is 7.79. The summed E-state index contributed by atoms with van der Waals surface area (Å²) < 4.78 is 17.2. The van der Waals surface area contributed by atoms with Crippen LogP contribution in [-0.4, -0.2) is 50.0 Å². The summed E-state index contributed by atoms with van der Waals surface area (Å²) >= 11 is 0. The van der Waals surface area contributed by atoms with E-state index in [0.29, 0.717) is 25.4 Å². The van der Waals surface area contributed by atoms with E-state index in [1.54, 1.807) is 6.08 Å². The molecule has 0 spiro atoms. The first-order valence-corrected chi connectivity index (χ1v) is 8.52. The first-order valence-electron chi connectivity index (χ1n) is 8.52. The van der Waals surface area contributed by atoms with Crippen molar-refractivity contribution in [3.05, 3.63) is 36.9 Å². The molecule has 0 unspecified atom stereocenters. The lowest BCUT2D eigenvalue weighted by molar-refractivity contribution is -0.0682. The van der Waals surface area contributed by atoms with Crippen molar-refractivity contribution in [1.82, 2.24) is 4.90 Å². The average Bonchev–Trinajstić information content (AvgIpc) is 2.52. The van der Waals surface area contributed by atoms with Crippen LogP contribution in [0.5, 0.6) is 11.5 Å². The Morgan fingerprint density at radius 2 is 1.78 bits per heavy atom. The Hall–Kier alpha value is -1.52. The Labute approximate surface area is 140 Å². The van der Waals surface area contributed by atoms with E-state index >= 15 is 0 Å². The molecule has 1 heterocycles. The second-order valence-electron chi connectivity index (χ2n) is 6.12. The Morgan fingerprint density at radius 1 is 1.13 bits per heavy atom. The number of hydrogen-bond acceptors (Lipinski definition) is 4. The lowest BCUT2D eigenvalue weighted by Crippen LogP contribution is -2.45. The molecular weight excluding hydrogens is 290 g/mol. The highest BCUT2D eigenvalue weighted by atomic mass is 16.5. The molecule has 4 heteroatoms. The van der Waals surface area contributed by atoms with Crippen LogP contribution in [0.4, 0.5) is 0 Å². The third kappa shape index (κ3) is 6.24. The van der Waals surface area contributed by atoms with E-state index in [0.717, 1.165) is 44.0 Å². The molecule has 0 bridgehead atoms. The summed E-state index contributed by atoms with van der Waals surface area (Å²) in [7, 11) is 0. The molecule has 0 aliphatic carbocycles. The molecule has 1 aromatic carbocycles. The third-order valence-corrected chi connectivity index (χ3v) is 3.83. The fourth-order valence-corrected chi connectivity index (χ4v) is 2.92. The summed E-state index contributed by atoms with van der Waals surface area (Å²) in [6.07, 6.45) is 4.58. The monoisotopic (exact) mass is 319 g/mol. The predicted molar refractivity (Wildman–Crippen MR) is 93.3 cm³/mol. The van der Waals surface area contributed by atoms with Gasteiger partial charge >= 0.3 is 0 Å².